The third-order valence-corrected chi connectivity index (χ3v) is 4.66. The average molecular weight is 361 g/mol. The second kappa shape index (κ2) is 6.00. The number of aromatic nitrogens is 4. The lowest BCUT2D eigenvalue weighted by Crippen LogP contribution is -2.39. The van der Waals surface area contributed by atoms with Crippen LogP contribution in [0.1, 0.15) is 33.8 Å². The number of fused-ring (bicyclic) bond motifs is 1. The van der Waals surface area contributed by atoms with Crippen molar-refractivity contribution in [1.29, 1.82) is 0 Å². The summed E-state index contributed by atoms with van der Waals surface area (Å²) in [7, 11) is 1.51. The number of nitrogens with zero attached hydrogens (tertiary/aromatic N) is 4. The zero-order chi connectivity index (χ0) is 19.4. The van der Waals surface area contributed by atoms with Crippen LogP contribution in [0.25, 0.3) is 22.3 Å². The number of rotatable bonds is 1. The van der Waals surface area contributed by atoms with Crippen LogP contribution < -0.4 is 4.68 Å². The van der Waals surface area contributed by atoms with Crippen molar-refractivity contribution in [2.45, 2.75) is 40.8 Å². The summed E-state index contributed by atoms with van der Waals surface area (Å²) in [5.41, 5.74) is 4.45. The second-order valence-electron chi connectivity index (χ2n) is 6.66. The van der Waals surface area contributed by atoms with Gasteiger partial charge in [0.2, 0.25) is 5.69 Å². The molecular weight excluding hydrogens is 341 g/mol. The largest absolute Gasteiger partial charge is 0.441 e. The fraction of sp³-hybridized carbons (Fsp3) is 0.368. The van der Waals surface area contributed by atoms with Gasteiger partial charge in [0.25, 0.3) is 5.69 Å². The second-order valence-corrected chi connectivity index (χ2v) is 6.66. The molecular formula is C19H20F3N4+. The monoisotopic (exact) mass is 361 g/mol. The van der Waals surface area contributed by atoms with Gasteiger partial charge in [-0.1, -0.05) is 16.3 Å². The Morgan fingerprint density at radius 2 is 1.46 bits per heavy atom. The van der Waals surface area contributed by atoms with Crippen molar-refractivity contribution in [2.24, 2.45) is 7.05 Å². The van der Waals surface area contributed by atoms with E-state index in [9.17, 15) is 13.2 Å². The highest BCUT2D eigenvalue weighted by atomic mass is 19.4. The summed E-state index contributed by atoms with van der Waals surface area (Å²) in [4.78, 5) is 8.65. The predicted molar refractivity (Wildman–Crippen MR) is 92.6 cm³/mol. The third-order valence-electron chi connectivity index (χ3n) is 4.66. The highest BCUT2D eigenvalue weighted by molar-refractivity contribution is 5.90. The fourth-order valence-electron chi connectivity index (χ4n) is 3.11. The van der Waals surface area contributed by atoms with Gasteiger partial charge in [0.15, 0.2) is 12.6 Å². The van der Waals surface area contributed by atoms with Gasteiger partial charge in [0.1, 0.15) is 5.52 Å². The minimum Gasteiger partial charge on any atom is -0.247 e. The first-order valence-electron chi connectivity index (χ1n) is 8.21. The molecule has 0 saturated carbocycles. The maximum atomic E-state index is 13.5. The topological polar surface area (TPSA) is 42.6 Å². The molecule has 0 saturated heterocycles. The Balaban J connectivity index is 2.53. The molecule has 0 fully saturated rings. The van der Waals surface area contributed by atoms with Crippen molar-refractivity contribution in [3.05, 3.63) is 45.9 Å². The van der Waals surface area contributed by atoms with Crippen molar-refractivity contribution in [3.63, 3.8) is 0 Å². The van der Waals surface area contributed by atoms with Crippen LogP contribution in [0.4, 0.5) is 13.2 Å². The molecule has 3 rings (SSSR count). The Labute approximate surface area is 149 Å². The maximum absolute atomic E-state index is 13.5. The van der Waals surface area contributed by atoms with Gasteiger partial charge in [0.05, 0.1) is 17.0 Å². The van der Waals surface area contributed by atoms with Crippen LogP contribution in [-0.4, -0.2) is 15.1 Å². The number of halogens is 3. The van der Waals surface area contributed by atoms with E-state index >= 15 is 0 Å². The van der Waals surface area contributed by atoms with Crippen molar-refractivity contribution in [3.8, 4) is 11.3 Å². The summed E-state index contributed by atoms with van der Waals surface area (Å²) < 4.78 is 41.8. The van der Waals surface area contributed by atoms with E-state index in [0.29, 0.717) is 17.1 Å². The predicted octanol–water partition coefficient (Wildman–Crippen LogP) is 4.08. The molecule has 0 aliphatic carbocycles. The van der Waals surface area contributed by atoms with Gasteiger partial charge in [-0.3, -0.25) is 0 Å². The molecule has 0 spiro atoms. The van der Waals surface area contributed by atoms with Crippen molar-refractivity contribution in [2.75, 3.05) is 0 Å². The molecule has 2 aromatic heterocycles. The van der Waals surface area contributed by atoms with Crippen LogP contribution in [0.2, 0.25) is 0 Å². The van der Waals surface area contributed by atoms with E-state index in [1.54, 1.807) is 13.8 Å². The summed E-state index contributed by atoms with van der Waals surface area (Å²) in [6.07, 6.45) is -4.61. The summed E-state index contributed by atoms with van der Waals surface area (Å²) in [5, 5.41) is 3.81. The van der Waals surface area contributed by atoms with Gasteiger partial charge >= 0.3 is 6.18 Å². The molecule has 3 aromatic rings. The van der Waals surface area contributed by atoms with Gasteiger partial charge in [-0.2, -0.15) is 13.2 Å². The summed E-state index contributed by atoms with van der Waals surface area (Å²) >= 11 is 0. The number of hydrogen-bond donors (Lipinski definition) is 0. The smallest absolute Gasteiger partial charge is 0.247 e. The summed E-state index contributed by atoms with van der Waals surface area (Å²) in [6.45, 7) is 9.27. The molecule has 7 heteroatoms. The van der Waals surface area contributed by atoms with E-state index in [0.717, 1.165) is 22.3 Å². The molecule has 0 N–H and O–H groups in total. The van der Waals surface area contributed by atoms with Crippen molar-refractivity contribution in [1.82, 2.24) is 15.1 Å². The minimum absolute atomic E-state index is 0.214. The Morgan fingerprint density at radius 1 is 0.885 bits per heavy atom. The number of alkyl halides is 3. The molecule has 0 amide bonds. The Hall–Kier alpha value is -2.57. The first-order chi connectivity index (χ1) is 12.0. The van der Waals surface area contributed by atoms with Crippen LogP contribution in [0.3, 0.4) is 0 Å². The van der Waals surface area contributed by atoms with E-state index in [1.807, 2.05) is 32.9 Å². The van der Waals surface area contributed by atoms with E-state index in [1.165, 1.54) is 11.7 Å². The van der Waals surface area contributed by atoms with Gasteiger partial charge in [-0.25, -0.2) is 9.97 Å². The van der Waals surface area contributed by atoms with E-state index in [4.69, 9.17) is 0 Å². The van der Waals surface area contributed by atoms with Gasteiger partial charge in [-0.05, 0) is 51.8 Å². The molecule has 0 aliphatic rings. The summed E-state index contributed by atoms with van der Waals surface area (Å²) in [5.74, 6) is 0. The molecule has 0 aliphatic heterocycles. The van der Waals surface area contributed by atoms with Crippen LogP contribution in [-0.2, 0) is 13.2 Å². The van der Waals surface area contributed by atoms with Crippen LogP contribution >= 0.6 is 0 Å². The lowest BCUT2D eigenvalue weighted by molar-refractivity contribution is -0.720. The first kappa shape index (κ1) is 18.2. The fourth-order valence-corrected chi connectivity index (χ4v) is 3.11. The lowest BCUT2D eigenvalue weighted by atomic mass is 9.96. The highest BCUT2D eigenvalue weighted by Gasteiger charge is 2.41. The van der Waals surface area contributed by atoms with Crippen molar-refractivity contribution >= 4 is 11.0 Å². The van der Waals surface area contributed by atoms with Crippen molar-refractivity contribution < 1.29 is 17.9 Å². The van der Waals surface area contributed by atoms with Gasteiger partial charge in [-0.15, -0.1) is 0 Å². The molecule has 0 unspecified atom stereocenters. The zero-order valence-electron chi connectivity index (χ0n) is 15.6. The highest BCUT2D eigenvalue weighted by Crippen LogP contribution is 2.35. The maximum Gasteiger partial charge on any atom is 0.441 e. The van der Waals surface area contributed by atoms with Gasteiger partial charge < -0.3 is 0 Å². The third kappa shape index (κ3) is 2.91. The number of benzene rings is 1. The molecule has 2 heterocycles. The van der Waals surface area contributed by atoms with Crippen LogP contribution in [0.15, 0.2) is 12.1 Å². The lowest BCUT2D eigenvalue weighted by Gasteiger charge is -2.13. The standard InChI is InChI=1S/C19H20F3N4/c1-9-7-10(2)11(3)14(8-9)17-15-16(24-13(5)12(4)23-15)18(19(20,21)22)25-26(17)6/h7-8H,1-6H3/q+1. The average Bonchev–Trinajstić information content (AvgIpc) is 2.51. The summed E-state index contributed by atoms with van der Waals surface area (Å²) in [6, 6.07) is 3.99. The Kier molecular flexibility index (Phi) is 4.21. The molecule has 0 atom stereocenters. The molecule has 0 radical (unpaired) electrons. The van der Waals surface area contributed by atoms with E-state index < -0.39 is 11.9 Å². The number of hydrogen-bond acceptors (Lipinski definition) is 3. The molecule has 0 bridgehead atoms. The first-order valence-corrected chi connectivity index (χ1v) is 8.21. The normalized spacial score (nSPS) is 12.0. The number of aryl methyl sites for hydroxylation is 5. The van der Waals surface area contributed by atoms with Crippen LogP contribution in [0, 0.1) is 34.6 Å². The molecule has 26 heavy (non-hydrogen) atoms. The molecule has 1 aromatic carbocycles. The van der Waals surface area contributed by atoms with Crippen LogP contribution in [0.5, 0.6) is 0 Å². The zero-order valence-corrected chi connectivity index (χ0v) is 15.6. The molecule has 136 valence electrons. The molecule has 4 nitrogen and oxygen atoms in total. The van der Waals surface area contributed by atoms with E-state index in [2.05, 4.69) is 15.1 Å². The Morgan fingerprint density at radius 3 is 2.04 bits per heavy atom. The quantitative estimate of drug-likeness (QED) is 0.614. The van der Waals surface area contributed by atoms with Gasteiger partial charge in [0, 0.05) is 5.10 Å². The Bertz CT molecular complexity index is 1040. The van der Waals surface area contributed by atoms with E-state index in [-0.39, 0.29) is 11.0 Å². The minimum atomic E-state index is -4.61. The SMILES string of the molecule is Cc1cc(C)c(C)c(-c2c3nc(C)c(C)nc3c(C(F)(F)F)n[n+]2C)c1.